The Hall–Kier alpha value is -0.410. The summed E-state index contributed by atoms with van der Waals surface area (Å²) in [5, 5.41) is 3.74. The van der Waals surface area contributed by atoms with Crippen LogP contribution in [0.4, 0.5) is 0 Å². The predicted octanol–water partition coefficient (Wildman–Crippen LogP) is 4.26. The summed E-state index contributed by atoms with van der Waals surface area (Å²) >= 11 is 2.07. The zero-order valence-electron chi connectivity index (χ0n) is 12.3. The maximum Gasteiger partial charge on any atom is 0.103 e. The summed E-state index contributed by atoms with van der Waals surface area (Å²) in [6, 6.07) is 4.60. The monoisotopic (exact) mass is 281 g/mol. The van der Waals surface area contributed by atoms with E-state index in [9.17, 15) is 0 Å². The summed E-state index contributed by atoms with van der Waals surface area (Å²) in [6.45, 7) is 3.45. The van der Waals surface area contributed by atoms with Gasteiger partial charge in [0, 0.05) is 23.8 Å². The van der Waals surface area contributed by atoms with Crippen molar-refractivity contribution in [2.24, 2.45) is 0 Å². The molecule has 0 saturated heterocycles. The molecule has 1 aliphatic rings. The van der Waals surface area contributed by atoms with E-state index >= 15 is 0 Å². The molecule has 1 atom stereocenters. The van der Waals surface area contributed by atoms with Gasteiger partial charge in [-0.05, 0) is 44.6 Å². The van der Waals surface area contributed by atoms with Crippen molar-refractivity contribution in [2.75, 3.05) is 12.8 Å². The molecule has 0 amide bonds. The fourth-order valence-corrected chi connectivity index (χ4v) is 3.85. The third-order valence-corrected chi connectivity index (χ3v) is 5.79. The molecule has 108 valence electrons. The lowest BCUT2D eigenvalue weighted by atomic mass is 9.88. The van der Waals surface area contributed by atoms with Crippen molar-refractivity contribution in [3.8, 4) is 0 Å². The van der Waals surface area contributed by atoms with Crippen LogP contribution in [-0.2, 0) is 6.42 Å². The Morgan fingerprint density at radius 1 is 1.37 bits per heavy atom. The van der Waals surface area contributed by atoms with Gasteiger partial charge in [-0.15, -0.1) is 0 Å². The van der Waals surface area contributed by atoms with Gasteiger partial charge in [-0.2, -0.15) is 11.8 Å². The van der Waals surface area contributed by atoms with E-state index in [4.69, 9.17) is 4.42 Å². The van der Waals surface area contributed by atoms with Crippen LogP contribution in [0.25, 0.3) is 0 Å². The van der Waals surface area contributed by atoms with Crippen molar-refractivity contribution in [1.82, 2.24) is 5.32 Å². The summed E-state index contributed by atoms with van der Waals surface area (Å²) in [5.74, 6) is 1.10. The fraction of sp³-hybridized carbons (Fsp3) is 0.750. The van der Waals surface area contributed by atoms with E-state index in [-0.39, 0.29) is 0 Å². The molecule has 1 N–H and O–H groups in total. The Bertz CT molecular complexity index is 344. The minimum Gasteiger partial charge on any atom is -0.469 e. The molecule has 19 heavy (non-hydrogen) atoms. The SMILES string of the molecule is CSC1(CNC(C)CCc2ccco2)CCCCC1. The zero-order valence-corrected chi connectivity index (χ0v) is 13.1. The Labute approximate surface area is 121 Å². The molecule has 0 spiro atoms. The molecule has 2 nitrogen and oxygen atoms in total. The van der Waals surface area contributed by atoms with Gasteiger partial charge in [0.1, 0.15) is 5.76 Å². The smallest absolute Gasteiger partial charge is 0.103 e. The first-order chi connectivity index (χ1) is 9.24. The van der Waals surface area contributed by atoms with Crippen LogP contribution in [-0.4, -0.2) is 23.6 Å². The number of rotatable bonds is 7. The van der Waals surface area contributed by atoms with E-state index in [1.165, 1.54) is 32.1 Å². The number of hydrogen-bond donors (Lipinski definition) is 1. The van der Waals surface area contributed by atoms with Crippen LogP contribution in [0, 0.1) is 0 Å². The van der Waals surface area contributed by atoms with Gasteiger partial charge in [-0.1, -0.05) is 19.3 Å². The number of furan rings is 1. The molecule has 1 aromatic heterocycles. The van der Waals surface area contributed by atoms with Crippen molar-refractivity contribution < 1.29 is 4.42 Å². The van der Waals surface area contributed by atoms with Gasteiger partial charge in [-0.3, -0.25) is 0 Å². The summed E-state index contributed by atoms with van der Waals surface area (Å²) in [4.78, 5) is 0. The largest absolute Gasteiger partial charge is 0.469 e. The first-order valence-corrected chi connectivity index (χ1v) is 8.77. The third kappa shape index (κ3) is 4.57. The summed E-state index contributed by atoms with van der Waals surface area (Å²) in [6.07, 6.45) is 13.2. The maximum absolute atomic E-state index is 5.39. The fourth-order valence-electron chi connectivity index (χ4n) is 2.93. The highest BCUT2D eigenvalue weighted by molar-refractivity contribution is 8.00. The first kappa shape index (κ1) is 15.0. The van der Waals surface area contributed by atoms with Crippen LogP contribution in [0.5, 0.6) is 0 Å². The van der Waals surface area contributed by atoms with Crippen LogP contribution >= 0.6 is 11.8 Å². The third-order valence-electron chi connectivity index (χ3n) is 4.37. The zero-order chi connectivity index (χ0) is 13.6. The molecule has 0 radical (unpaired) electrons. The molecule has 0 aromatic carbocycles. The van der Waals surface area contributed by atoms with Gasteiger partial charge >= 0.3 is 0 Å². The van der Waals surface area contributed by atoms with Crippen molar-refractivity contribution in [3.05, 3.63) is 24.2 Å². The first-order valence-electron chi connectivity index (χ1n) is 7.55. The van der Waals surface area contributed by atoms with E-state index in [0.717, 1.165) is 25.1 Å². The molecule has 3 heteroatoms. The predicted molar refractivity (Wildman–Crippen MR) is 83.8 cm³/mol. The van der Waals surface area contributed by atoms with E-state index in [2.05, 4.69) is 36.3 Å². The van der Waals surface area contributed by atoms with Crippen LogP contribution in [0.3, 0.4) is 0 Å². The second-order valence-corrected chi connectivity index (χ2v) is 7.12. The van der Waals surface area contributed by atoms with Gasteiger partial charge in [0.15, 0.2) is 0 Å². The highest BCUT2D eigenvalue weighted by atomic mass is 32.2. The second kappa shape index (κ2) is 7.39. The molecule has 0 aliphatic heterocycles. The summed E-state index contributed by atoms with van der Waals surface area (Å²) in [5.41, 5.74) is 0. The molecule has 1 fully saturated rings. The van der Waals surface area contributed by atoms with Gasteiger partial charge in [0.05, 0.1) is 6.26 Å². The van der Waals surface area contributed by atoms with Crippen LogP contribution in [0.1, 0.15) is 51.2 Å². The number of aryl methyl sites for hydroxylation is 1. The van der Waals surface area contributed by atoms with Crippen molar-refractivity contribution in [3.63, 3.8) is 0 Å². The molecule has 2 rings (SSSR count). The molecule has 1 aromatic rings. The normalized spacial score (nSPS) is 20.3. The molecule has 0 bridgehead atoms. The minimum atomic E-state index is 0.497. The standard InChI is InChI=1S/C16H27NOS/c1-14(8-9-15-7-6-12-18-15)17-13-16(19-2)10-4-3-5-11-16/h6-7,12,14,17H,3-5,8-11,13H2,1-2H3. The lowest BCUT2D eigenvalue weighted by Gasteiger charge is -2.37. The van der Waals surface area contributed by atoms with Gasteiger partial charge < -0.3 is 9.73 Å². The lowest BCUT2D eigenvalue weighted by molar-refractivity contribution is 0.358. The van der Waals surface area contributed by atoms with Gasteiger partial charge in [0.25, 0.3) is 0 Å². The summed E-state index contributed by atoms with van der Waals surface area (Å²) < 4.78 is 5.88. The topological polar surface area (TPSA) is 25.2 Å². The maximum atomic E-state index is 5.39. The van der Waals surface area contributed by atoms with Gasteiger partial charge in [-0.25, -0.2) is 0 Å². The van der Waals surface area contributed by atoms with Crippen molar-refractivity contribution >= 4 is 11.8 Å². The Kier molecular flexibility index (Phi) is 5.83. The van der Waals surface area contributed by atoms with E-state index in [1.807, 2.05) is 6.07 Å². The highest BCUT2D eigenvalue weighted by Gasteiger charge is 2.30. The number of nitrogens with one attached hydrogen (secondary N) is 1. The van der Waals surface area contributed by atoms with E-state index in [1.54, 1.807) is 6.26 Å². The molecular formula is C16H27NOS. The number of thioether (sulfide) groups is 1. The summed E-state index contributed by atoms with van der Waals surface area (Å²) in [7, 11) is 0. The molecule has 1 aliphatic carbocycles. The molecular weight excluding hydrogens is 254 g/mol. The van der Waals surface area contributed by atoms with Crippen LogP contribution in [0.2, 0.25) is 0 Å². The van der Waals surface area contributed by atoms with E-state index in [0.29, 0.717) is 10.8 Å². The Morgan fingerprint density at radius 2 is 2.16 bits per heavy atom. The minimum absolute atomic E-state index is 0.497. The quantitative estimate of drug-likeness (QED) is 0.808. The molecule has 1 unspecified atom stereocenters. The van der Waals surface area contributed by atoms with Gasteiger partial charge in [0.2, 0.25) is 0 Å². The van der Waals surface area contributed by atoms with Crippen molar-refractivity contribution in [2.45, 2.75) is 62.7 Å². The van der Waals surface area contributed by atoms with E-state index < -0.39 is 0 Å². The Morgan fingerprint density at radius 3 is 2.79 bits per heavy atom. The average molecular weight is 281 g/mol. The molecule has 1 heterocycles. The number of hydrogen-bond acceptors (Lipinski definition) is 3. The Balaban J connectivity index is 1.71. The van der Waals surface area contributed by atoms with Crippen LogP contribution in [0.15, 0.2) is 22.8 Å². The average Bonchev–Trinajstić information content (AvgIpc) is 2.97. The highest BCUT2D eigenvalue weighted by Crippen LogP contribution is 2.38. The van der Waals surface area contributed by atoms with Crippen molar-refractivity contribution in [1.29, 1.82) is 0 Å². The second-order valence-electron chi connectivity index (χ2n) is 5.85. The lowest BCUT2D eigenvalue weighted by Crippen LogP contribution is -2.42. The van der Waals surface area contributed by atoms with Crippen LogP contribution < -0.4 is 5.32 Å². The molecule has 1 saturated carbocycles.